The number of methoxy groups -OCH3 is 1. The largest absolute Gasteiger partial charge is 0.497 e. The van der Waals surface area contributed by atoms with Gasteiger partial charge in [-0.3, -0.25) is 9.36 Å². The van der Waals surface area contributed by atoms with Crippen molar-refractivity contribution in [1.82, 2.24) is 18.7 Å². The lowest BCUT2D eigenvalue weighted by Gasteiger charge is -2.13. The maximum atomic E-state index is 13.4. The summed E-state index contributed by atoms with van der Waals surface area (Å²) >= 11 is 0. The second-order valence-electron chi connectivity index (χ2n) is 7.95. The average Bonchev–Trinajstić information content (AvgIpc) is 3.55. The Labute approximate surface area is 184 Å². The van der Waals surface area contributed by atoms with Crippen LogP contribution in [-0.2, 0) is 13.1 Å². The van der Waals surface area contributed by atoms with E-state index in [1.807, 2.05) is 48.5 Å². The predicted molar refractivity (Wildman–Crippen MR) is 121 cm³/mol. The molecule has 2 aromatic carbocycles. The van der Waals surface area contributed by atoms with E-state index < -0.39 is 0 Å². The van der Waals surface area contributed by atoms with Crippen LogP contribution in [0.3, 0.4) is 0 Å². The summed E-state index contributed by atoms with van der Waals surface area (Å²) in [6, 6.07) is 16.7. The maximum absolute atomic E-state index is 13.4. The topological polar surface area (TPSA) is 80.3 Å². The zero-order chi connectivity index (χ0) is 22.1. The van der Waals surface area contributed by atoms with Crippen LogP contribution in [0, 0.1) is 5.92 Å². The Balaban J connectivity index is 1.59. The molecule has 0 amide bonds. The molecule has 0 unspecified atom stereocenters. The van der Waals surface area contributed by atoms with Gasteiger partial charge in [0.2, 0.25) is 0 Å². The SMILES string of the molecule is COc1cccc(-n2c(=O)n(CC3CC3)c(=O)c3c2ncn3CCOc2ccccc2)c1. The van der Waals surface area contributed by atoms with Gasteiger partial charge >= 0.3 is 5.69 Å². The highest BCUT2D eigenvalue weighted by atomic mass is 16.5. The number of hydrogen-bond donors (Lipinski definition) is 0. The van der Waals surface area contributed by atoms with Crippen LogP contribution in [0.25, 0.3) is 16.9 Å². The van der Waals surface area contributed by atoms with Gasteiger partial charge in [0.05, 0.1) is 25.7 Å². The summed E-state index contributed by atoms with van der Waals surface area (Å²) in [6.45, 7) is 1.22. The zero-order valence-corrected chi connectivity index (χ0v) is 17.8. The predicted octanol–water partition coefficient (Wildman–Crippen LogP) is 2.85. The molecule has 1 fully saturated rings. The molecule has 8 nitrogen and oxygen atoms in total. The molecule has 1 aliphatic rings. The van der Waals surface area contributed by atoms with Gasteiger partial charge in [-0.15, -0.1) is 0 Å². The first-order valence-electron chi connectivity index (χ1n) is 10.7. The third-order valence-corrected chi connectivity index (χ3v) is 5.69. The highest BCUT2D eigenvalue weighted by Crippen LogP contribution is 2.30. The van der Waals surface area contributed by atoms with E-state index in [-0.39, 0.29) is 11.2 Å². The molecule has 2 heterocycles. The number of para-hydroxylation sites is 1. The number of nitrogens with zero attached hydrogens (tertiary/aromatic N) is 4. The highest BCUT2D eigenvalue weighted by Gasteiger charge is 2.26. The van der Waals surface area contributed by atoms with E-state index >= 15 is 0 Å². The van der Waals surface area contributed by atoms with Crippen LogP contribution < -0.4 is 20.7 Å². The molecule has 0 saturated heterocycles. The van der Waals surface area contributed by atoms with Crippen LogP contribution >= 0.6 is 0 Å². The van der Waals surface area contributed by atoms with Crippen molar-refractivity contribution in [2.24, 2.45) is 5.92 Å². The number of hydrogen-bond acceptors (Lipinski definition) is 5. The third-order valence-electron chi connectivity index (χ3n) is 5.69. The summed E-state index contributed by atoms with van der Waals surface area (Å²) in [6.07, 6.45) is 3.67. The van der Waals surface area contributed by atoms with E-state index in [1.165, 1.54) is 9.13 Å². The molecular weight excluding hydrogens is 408 g/mol. The van der Waals surface area contributed by atoms with Crippen molar-refractivity contribution in [3.05, 3.63) is 81.8 Å². The Morgan fingerprint density at radius 3 is 2.56 bits per heavy atom. The summed E-state index contributed by atoms with van der Waals surface area (Å²) in [5, 5.41) is 0. The van der Waals surface area contributed by atoms with E-state index in [0.29, 0.717) is 48.2 Å². The molecule has 4 aromatic rings. The normalized spacial score (nSPS) is 13.4. The molecule has 0 atom stereocenters. The molecule has 0 spiro atoms. The van der Waals surface area contributed by atoms with Crippen molar-refractivity contribution < 1.29 is 9.47 Å². The number of aromatic nitrogens is 4. The molecule has 8 heteroatoms. The number of imidazole rings is 1. The molecule has 0 bridgehead atoms. The molecule has 32 heavy (non-hydrogen) atoms. The van der Waals surface area contributed by atoms with E-state index in [1.54, 1.807) is 24.1 Å². The smallest absolute Gasteiger partial charge is 0.337 e. The summed E-state index contributed by atoms with van der Waals surface area (Å²) in [5.74, 6) is 1.75. The van der Waals surface area contributed by atoms with Crippen LogP contribution in [0.15, 0.2) is 70.5 Å². The Morgan fingerprint density at radius 2 is 1.81 bits per heavy atom. The lowest BCUT2D eigenvalue weighted by Crippen LogP contribution is -2.40. The fraction of sp³-hybridized carbons (Fsp3) is 0.292. The number of fused-ring (bicyclic) bond motifs is 1. The Bertz CT molecular complexity index is 1370. The number of benzene rings is 2. The van der Waals surface area contributed by atoms with Gasteiger partial charge in [0.15, 0.2) is 11.2 Å². The fourth-order valence-corrected chi connectivity index (χ4v) is 3.83. The van der Waals surface area contributed by atoms with Crippen molar-refractivity contribution in [2.45, 2.75) is 25.9 Å². The van der Waals surface area contributed by atoms with Crippen molar-refractivity contribution in [2.75, 3.05) is 13.7 Å². The first-order chi connectivity index (χ1) is 15.7. The summed E-state index contributed by atoms with van der Waals surface area (Å²) in [5.41, 5.74) is 0.640. The summed E-state index contributed by atoms with van der Waals surface area (Å²) in [4.78, 5) is 31.2. The summed E-state index contributed by atoms with van der Waals surface area (Å²) < 4.78 is 15.7. The first-order valence-corrected chi connectivity index (χ1v) is 10.7. The Kier molecular flexibility index (Phi) is 5.26. The van der Waals surface area contributed by atoms with Crippen LogP contribution in [0.1, 0.15) is 12.8 Å². The van der Waals surface area contributed by atoms with Gasteiger partial charge in [0.1, 0.15) is 18.1 Å². The lowest BCUT2D eigenvalue weighted by atomic mass is 10.3. The second kappa shape index (κ2) is 8.37. The van der Waals surface area contributed by atoms with E-state index in [4.69, 9.17) is 9.47 Å². The minimum atomic E-state index is -0.381. The van der Waals surface area contributed by atoms with Gasteiger partial charge < -0.3 is 14.0 Å². The maximum Gasteiger partial charge on any atom is 0.337 e. The monoisotopic (exact) mass is 432 g/mol. The fourth-order valence-electron chi connectivity index (χ4n) is 3.83. The third kappa shape index (κ3) is 3.79. The quantitative estimate of drug-likeness (QED) is 0.428. The molecule has 2 aromatic heterocycles. The Hall–Kier alpha value is -3.81. The van der Waals surface area contributed by atoms with Gasteiger partial charge in [0, 0.05) is 12.6 Å². The van der Waals surface area contributed by atoms with E-state index in [2.05, 4.69) is 4.98 Å². The van der Waals surface area contributed by atoms with Crippen LogP contribution in [0.4, 0.5) is 0 Å². The van der Waals surface area contributed by atoms with Crippen LogP contribution in [-0.4, -0.2) is 32.4 Å². The van der Waals surface area contributed by atoms with Gasteiger partial charge in [-0.25, -0.2) is 14.3 Å². The molecule has 0 N–H and O–H groups in total. The molecule has 1 saturated carbocycles. The van der Waals surface area contributed by atoms with Crippen molar-refractivity contribution in [3.63, 3.8) is 0 Å². The number of rotatable bonds is 8. The molecule has 0 aliphatic heterocycles. The molecule has 164 valence electrons. The Morgan fingerprint density at radius 1 is 1.03 bits per heavy atom. The summed E-state index contributed by atoms with van der Waals surface area (Å²) in [7, 11) is 1.58. The van der Waals surface area contributed by atoms with Crippen LogP contribution in [0.5, 0.6) is 11.5 Å². The average molecular weight is 432 g/mol. The minimum absolute atomic E-state index is 0.312. The first kappa shape index (κ1) is 20.1. The van der Waals surface area contributed by atoms with Gasteiger partial charge in [-0.2, -0.15) is 0 Å². The standard InChI is InChI=1S/C24H24N4O4/c1-31-20-9-5-6-18(14-20)28-22-21(23(29)27(24(28)30)15-17-10-11-17)26(16-25-22)12-13-32-19-7-3-2-4-8-19/h2-9,14,16-17H,10-13,15H2,1H3. The van der Waals surface area contributed by atoms with E-state index in [9.17, 15) is 9.59 Å². The van der Waals surface area contributed by atoms with Crippen molar-refractivity contribution >= 4 is 11.2 Å². The van der Waals surface area contributed by atoms with Crippen molar-refractivity contribution in [3.8, 4) is 17.2 Å². The molecule has 0 radical (unpaired) electrons. The number of ether oxygens (including phenoxy) is 2. The molecule has 1 aliphatic carbocycles. The van der Waals surface area contributed by atoms with Crippen LogP contribution in [0.2, 0.25) is 0 Å². The molecular formula is C24H24N4O4. The lowest BCUT2D eigenvalue weighted by molar-refractivity contribution is 0.300. The zero-order valence-electron chi connectivity index (χ0n) is 17.8. The second-order valence-corrected chi connectivity index (χ2v) is 7.95. The molecule has 5 rings (SSSR count). The van der Waals surface area contributed by atoms with E-state index in [0.717, 1.165) is 18.6 Å². The van der Waals surface area contributed by atoms with Gasteiger partial charge in [0.25, 0.3) is 5.56 Å². The highest BCUT2D eigenvalue weighted by molar-refractivity contribution is 5.72. The van der Waals surface area contributed by atoms with Gasteiger partial charge in [-0.1, -0.05) is 24.3 Å². The van der Waals surface area contributed by atoms with Gasteiger partial charge in [-0.05, 0) is 43.0 Å². The minimum Gasteiger partial charge on any atom is -0.497 e. The van der Waals surface area contributed by atoms with Crippen molar-refractivity contribution in [1.29, 1.82) is 0 Å².